The SMILES string of the molecule is Cc1ccc([N+](=O)[O-])c(NCc2ccc(CCN)cc2)c1. The van der Waals surface area contributed by atoms with Crippen LogP contribution in [0, 0.1) is 17.0 Å². The fourth-order valence-corrected chi connectivity index (χ4v) is 2.14. The first kappa shape index (κ1) is 15.0. The van der Waals surface area contributed by atoms with Gasteiger partial charge in [0.1, 0.15) is 5.69 Å². The van der Waals surface area contributed by atoms with Crippen molar-refractivity contribution in [2.75, 3.05) is 11.9 Å². The number of nitrogens with zero attached hydrogens (tertiary/aromatic N) is 1. The smallest absolute Gasteiger partial charge is 0.292 e. The Morgan fingerprint density at radius 3 is 2.43 bits per heavy atom. The predicted molar refractivity (Wildman–Crippen MR) is 84.4 cm³/mol. The van der Waals surface area contributed by atoms with Crippen LogP contribution in [-0.2, 0) is 13.0 Å². The van der Waals surface area contributed by atoms with Gasteiger partial charge in [0.15, 0.2) is 0 Å². The number of benzene rings is 2. The molecule has 0 aliphatic rings. The number of nitro benzene ring substituents is 1. The van der Waals surface area contributed by atoms with Gasteiger partial charge in [-0.1, -0.05) is 30.3 Å². The molecule has 0 aliphatic heterocycles. The molecule has 2 rings (SSSR count). The van der Waals surface area contributed by atoms with E-state index in [4.69, 9.17) is 5.73 Å². The van der Waals surface area contributed by atoms with Crippen LogP contribution in [0.15, 0.2) is 42.5 Å². The van der Waals surface area contributed by atoms with Gasteiger partial charge in [0.05, 0.1) is 4.92 Å². The Morgan fingerprint density at radius 2 is 1.81 bits per heavy atom. The van der Waals surface area contributed by atoms with Crippen LogP contribution in [0.1, 0.15) is 16.7 Å². The van der Waals surface area contributed by atoms with Crippen molar-refractivity contribution in [2.24, 2.45) is 5.73 Å². The summed E-state index contributed by atoms with van der Waals surface area (Å²) in [6.07, 6.45) is 0.858. The molecule has 0 radical (unpaired) electrons. The van der Waals surface area contributed by atoms with Crippen LogP contribution in [0.3, 0.4) is 0 Å². The van der Waals surface area contributed by atoms with E-state index in [0.29, 0.717) is 18.8 Å². The number of hydrogen-bond donors (Lipinski definition) is 2. The summed E-state index contributed by atoms with van der Waals surface area (Å²) in [4.78, 5) is 10.6. The van der Waals surface area contributed by atoms with E-state index >= 15 is 0 Å². The minimum Gasteiger partial charge on any atom is -0.375 e. The number of aryl methyl sites for hydroxylation is 1. The minimum atomic E-state index is -0.369. The highest BCUT2D eigenvalue weighted by molar-refractivity contribution is 5.62. The predicted octanol–water partition coefficient (Wildman–Crippen LogP) is 3.02. The zero-order valence-electron chi connectivity index (χ0n) is 12.0. The Labute approximate surface area is 123 Å². The lowest BCUT2D eigenvalue weighted by atomic mass is 10.1. The first-order valence-electron chi connectivity index (χ1n) is 6.87. The van der Waals surface area contributed by atoms with Gasteiger partial charge in [-0.15, -0.1) is 0 Å². The summed E-state index contributed by atoms with van der Waals surface area (Å²) in [6, 6.07) is 13.2. The minimum absolute atomic E-state index is 0.0975. The van der Waals surface area contributed by atoms with Crippen LogP contribution in [0.5, 0.6) is 0 Å². The second-order valence-electron chi connectivity index (χ2n) is 4.99. The molecular weight excluding hydrogens is 266 g/mol. The molecule has 0 unspecified atom stereocenters. The van der Waals surface area contributed by atoms with Crippen LogP contribution < -0.4 is 11.1 Å². The van der Waals surface area contributed by atoms with E-state index < -0.39 is 0 Å². The second kappa shape index (κ2) is 6.85. The number of hydrogen-bond acceptors (Lipinski definition) is 4. The Morgan fingerprint density at radius 1 is 1.14 bits per heavy atom. The Kier molecular flexibility index (Phi) is 4.90. The summed E-state index contributed by atoms with van der Waals surface area (Å²) in [5.74, 6) is 0. The lowest BCUT2D eigenvalue weighted by Gasteiger charge is -2.09. The third kappa shape index (κ3) is 4.03. The van der Waals surface area contributed by atoms with Gasteiger partial charge < -0.3 is 11.1 Å². The maximum absolute atomic E-state index is 11.0. The van der Waals surface area contributed by atoms with E-state index in [9.17, 15) is 10.1 Å². The van der Waals surface area contributed by atoms with Crippen molar-refractivity contribution in [1.82, 2.24) is 0 Å². The molecule has 2 aromatic rings. The second-order valence-corrected chi connectivity index (χ2v) is 4.99. The van der Waals surface area contributed by atoms with Crippen molar-refractivity contribution in [1.29, 1.82) is 0 Å². The molecule has 2 aromatic carbocycles. The van der Waals surface area contributed by atoms with Crippen molar-refractivity contribution in [3.63, 3.8) is 0 Å². The van der Waals surface area contributed by atoms with E-state index in [2.05, 4.69) is 5.32 Å². The summed E-state index contributed by atoms with van der Waals surface area (Å²) < 4.78 is 0. The van der Waals surface area contributed by atoms with Crippen LogP contribution in [0.4, 0.5) is 11.4 Å². The first-order valence-corrected chi connectivity index (χ1v) is 6.87. The first-order chi connectivity index (χ1) is 10.1. The molecule has 0 amide bonds. The topological polar surface area (TPSA) is 81.2 Å². The number of rotatable bonds is 6. The van der Waals surface area contributed by atoms with Crippen molar-refractivity contribution in [3.8, 4) is 0 Å². The quantitative estimate of drug-likeness (QED) is 0.631. The number of nitrogens with two attached hydrogens (primary N) is 1. The number of nitro groups is 1. The molecule has 0 saturated carbocycles. The molecule has 0 heterocycles. The molecule has 0 aliphatic carbocycles. The lowest BCUT2D eigenvalue weighted by molar-refractivity contribution is -0.384. The summed E-state index contributed by atoms with van der Waals surface area (Å²) in [5.41, 5.74) is 9.42. The normalized spacial score (nSPS) is 10.4. The number of anilines is 1. The monoisotopic (exact) mass is 285 g/mol. The highest BCUT2D eigenvalue weighted by atomic mass is 16.6. The molecule has 21 heavy (non-hydrogen) atoms. The maximum atomic E-state index is 11.0. The van der Waals surface area contributed by atoms with Gasteiger partial charge in [-0.3, -0.25) is 10.1 Å². The van der Waals surface area contributed by atoms with Crippen LogP contribution >= 0.6 is 0 Å². The van der Waals surface area contributed by atoms with Crippen LogP contribution in [0.25, 0.3) is 0 Å². The van der Waals surface area contributed by atoms with Crippen LogP contribution in [-0.4, -0.2) is 11.5 Å². The van der Waals surface area contributed by atoms with Crippen molar-refractivity contribution in [3.05, 3.63) is 69.3 Å². The molecule has 5 heteroatoms. The van der Waals surface area contributed by atoms with Crippen molar-refractivity contribution < 1.29 is 4.92 Å². The Hall–Kier alpha value is -2.40. The molecule has 0 bridgehead atoms. The van der Waals surface area contributed by atoms with E-state index in [-0.39, 0.29) is 10.6 Å². The molecule has 0 saturated heterocycles. The fraction of sp³-hybridized carbons (Fsp3) is 0.250. The summed E-state index contributed by atoms with van der Waals surface area (Å²) in [7, 11) is 0. The molecule has 0 atom stereocenters. The molecule has 5 nitrogen and oxygen atoms in total. The molecule has 0 fully saturated rings. The zero-order valence-corrected chi connectivity index (χ0v) is 12.0. The molecule has 0 spiro atoms. The number of nitrogens with one attached hydrogen (secondary N) is 1. The third-order valence-electron chi connectivity index (χ3n) is 3.29. The standard InChI is InChI=1S/C16H19N3O2/c1-12-2-7-16(19(20)21)15(10-12)18-11-14-5-3-13(4-6-14)8-9-17/h2-7,10,18H,8-9,11,17H2,1H3. The summed E-state index contributed by atoms with van der Waals surface area (Å²) in [6.45, 7) is 3.09. The van der Waals surface area contributed by atoms with E-state index in [1.54, 1.807) is 12.1 Å². The molecule has 110 valence electrons. The van der Waals surface area contributed by atoms with Gasteiger partial charge in [-0.25, -0.2) is 0 Å². The summed E-state index contributed by atoms with van der Waals surface area (Å²) >= 11 is 0. The van der Waals surface area contributed by atoms with Gasteiger partial charge in [0, 0.05) is 12.6 Å². The lowest BCUT2D eigenvalue weighted by Crippen LogP contribution is -2.04. The highest BCUT2D eigenvalue weighted by Gasteiger charge is 2.12. The third-order valence-corrected chi connectivity index (χ3v) is 3.29. The highest BCUT2D eigenvalue weighted by Crippen LogP contribution is 2.25. The van der Waals surface area contributed by atoms with E-state index in [1.165, 1.54) is 11.6 Å². The molecule has 0 aromatic heterocycles. The van der Waals surface area contributed by atoms with Gasteiger partial charge in [-0.05, 0) is 42.6 Å². The molecular formula is C16H19N3O2. The van der Waals surface area contributed by atoms with E-state index in [1.807, 2.05) is 31.2 Å². The van der Waals surface area contributed by atoms with Crippen LogP contribution in [0.2, 0.25) is 0 Å². The average molecular weight is 285 g/mol. The van der Waals surface area contributed by atoms with Gasteiger partial charge in [-0.2, -0.15) is 0 Å². The van der Waals surface area contributed by atoms with E-state index in [0.717, 1.165) is 17.5 Å². The zero-order chi connectivity index (χ0) is 15.2. The fourth-order valence-electron chi connectivity index (χ4n) is 2.14. The Balaban J connectivity index is 2.08. The van der Waals surface area contributed by atoms with Crippen molar-refractivity contribution >= 4 is 11.4 Å². The van der Waals surface area contributed by atoms with Crippen molar-refractivity contribution in [2.45, 2.75) is 19.9 Å². The van der Waals surface area contributed by atoms with Gasteiger partial charge >= 0.3 is 0 Å². The Bertz CT molecular complexity index is 624. The maximum Gasteiger partial charge on any atom is 0.292 e. The molecule has 3 N–H and O–H groups in total. The summed E-state index contributed by atoms with van der Waals surface area (Å²) in [5, 5.41) is 14.2. The van der Waals surface area contributed by atoms with Gasteiger partial charge in [0.2, 0.25) is 0 Å². The van der Waals surface area contributed by atoms with Gasteiger partial charge in [0.25, 0.3) is 5.69 Å². The largest absolute Gasteiger partial charge is 0.375 e. The average Bonchev–Trinajstić information content (AvgIpc) is 2.46.